The van der Waals surface area contributed by atoms with Crippen molar-refractivity contribution in [2.45, 2.75) is 12.5 Å². The van der Waals surface area contributed by atoms with E-state index in [1.165, 1.54) is 13.4 Å². The lowest BCUT2D eigenvalue weighted by atomic mass is 10.2. The van der Waals surface area contributed by atoms with Crippen molar-refractivity contribution >= 4 is 15.7 Å². The zero-order valence-corrected chi connectivity index (χ0v) is 9.70. The lowest BCUT2D eigenvalue weighted by Crippen LogP contribution is -2.21. The van der Waals surface area contributed by atoms with Crippen LogP contribution in [0.4, 0.5) is 5.82 Å². The van der Waals surface area contributed by atoms with E-state index >= 15 is 0 Å². The number of hydrogen-bond donors (Lipinski definition) is 1. The van der Waals surface area contributed by atoms with Crippen molar-refractivity contribution in [2.75, 3.05) is 23.9 Å². The van der Waals surface area contributed by atoms with E-state index in [0.29, 0.717) is 18.1 Å². The second-order valence-corrected chi connectivity index (χ2v) is 5.92. The van der Waals surface area contributed by atoms with Gasteiger partial charge in [0.25, 0.3) is 0 Å². The van der Waals surface area contributed by atoms with Gasteiger partial charge < -0.3 is 10.1 Å². The maximum atomic E-state index is 11.3. The van der Waals surface area contributed by atoms with Gasteiger partial charge in [-0.1, -0.05) is 0 Å². The lowest BCUT2D eigenvalue weighted by molar-refractivity contribution is 0.397. The first-order valence-electron chi connectivity index (χ1n) is 4.92. The Morgan fingerprint density at radius 3 is 2.94 bits per heavy atom. The average Bonchev–Trinajstić information content (AvgIpc) is 2.58. The number of nitrogens with one attached hydrogen (secondary N) is 1. The minimum atomic E-state index is -2.87. The van der Waals surface area contributed by atoms with E-state index < -0.39 is 9.84 Å². The average molecular weight is 243 g/mol. The van der Waals surface area contributed by atoms with Crippen LogP contribution >= 0.6 is 0 Å². The van der Waals surface area contributed by atoms with Gasteiger partial charge in [-0.15, -0.1) is 0 Å². The highest BCUT2D eigenvalue weighted by Gasteiger charge is 2.27. The second kappa shape index (κ2) is 4.25. The molecule has 0 unspecified atom stereocenters. The third kappa shape index (κ3) is 2.60. The zero-order chi connectivity index (χ0) is 11.6. The predicted octanol–water partition coefficient (Wildman–Crippen LogP) is 0.0842. The molecule has 1 saturated heterocycles. The third-order valence-electron chi connectivity index (χ3n) is 2.44. The Labute approximate surface area is 94.0 Å². The van der Waals surface area contributed by atoms with Crippen molar-refractivity contribution in [3.8, 4) is 5.88 Å². The first kappa shape index (κ1) is 11.1. The summed E-state index contributed by atoms with van der Waals surface area (Å²) in [6.07, 6.45) is 2.00. The fraction of sp³-hybridized carbons (Fsp3) is 0.556. The SMILES string of the molecule is COc1cc(N[C@@H]2CCS(=O)(=O)C2)ncn1. The molecule has 0 spiro atoms. The smallest absolute Gasteiger partial charge is 0.218 e. The molecule has 1 aromatic heterocycles. The van der Waals surface area contributed by atoms with Gasteiger partial charge in [0, 0.05) is 12.1 Å². The number of methoxy groups -OCH3 is 1. The molecular weight excluding hydrogens is 230 g/mol. The molecule has 6 nitrogen and oxygen atoms in total. The van der Waals surface area contributed by atoms with Crippen molar-refractivity contribution in [1.29, 1.82) is 0 Å². The van der Waals surface area contributed by atoms with Crippen LogP contribution in [0, 0.1) is 0 Å². The van der Waals surface area contributed by atoms with Gasteiger partial charge in [-0.25, -0.2) is 18.4 Å². The molecule has 2 rings (SSSR count). The Morgan fingerprint density at radius 2 is 2.31 bits per heavy atom. The largest absolute Gasteiger partial charge is 0.481 e. The molecule has 1 fully saturated rings. The molecule has 0 saturated carbocycles. The summed E-state index contributed by atoms with van der Waals surface area (Å²) >= 11 is 0. The number of sulfone groups is 1. The number of anilines is 1. The third-order valence-corrected chi connectivity index (χ3v) is 4.20. The van der Waals surface area contributed by atoms with Crippen LogP contribution in [0.1, 0.15) is 6.42 Å². The number of rotatable bonds is 3. The number of hydrogen-bond acceptors (Lipinski definition) is 6. The normalized spacial score (nSPS) is 22.9. The summed E-state index contributed by atoms with van der Waals surface area (Å²) in [4.78, 5) is 7.87. The lowest BCUT2D eigenvalue weighted by Gasteiger charge is -2.11. The molecule has 0 aliphatic carbocycles. The Bertz CT molecular complexity index is 475. The molecule has 88 valence electrons. The fourth-order valence-corrected chi connectivity index (χ4v) is 3.32. The molecule has 1 N–H and O–H groups in total. The highest BCUT2D eigenvalue weighted by molar-refractivity contribution is 7.91. The van der Waals surface area contributed by atoms with Crippen LogP contribution in [0.3, 0.4) is 0 Å². The van der Waals surface area contributed by atoms with Gasteiger partial charge in [-0.3, -0.25) is 0 Å². The Balaban J connectivity index is 2.04. The Hall–Kier alpha value is -1.37. The summed E-state index contributed by atoms with van der Waals surface area (Å²) in [7, 11) is -1.35. The number of aromatic nitrogens is 2. The Kier molecular flexibility index (Phi) is 2.95. The Morgan fingerprint density at radius 1 is 1.50 bits per heavy atom. The van der Waals surface area contributed by atoms with Crippen LogP contribution in [-0.2, 0) is 9.84 Å². The summed E-state index contributed by atoms with van der Waals surface area (Å²) in [5.41, 5.74) is 0. The molecule has 1 atom stereocenters. The minimum absolute atomic E-state index is 0.0652. The molecule has 0 aromatic carbocycles. The number of nitrogens with zero attached hydrogens (tertiary/aromatic N) is 2. The highest BCUT2D eigenvalue weighted by Crippen LogP contribution is 2.17. The topological polar surface area (TPSA) is 81.2 Å². The summed E-state index contributed by atoms with van der Waals surface area (Å²) < 4.78 is 27.5. The van der Waals surface area contributed by atoms with Crippen LogP contribution in [0.5, 0.6) is 5.88 Å². The minimum Gasteiger partial charge on any atom is -0.481 e. The van der Waals surface area contributed by atoms with E-state index in [1.54, 1.807) is 6.07 Å². The molecule has 0 radical (unpaired) electrons. The van der Waals surface area contributed by atoms with E-state index in [2.05, 4.69) is 15.3 Å². The molecule has 0 amide bonds. The summed E-state index contributed by atoms with van der Waals surface area (Å²) in [5.74, 6) is 1.46. The summed E-state index contributed by atoms with van der Waals surface area (Å²) in [5, 5.41) is 3.06. The molecule has 1 aromatic rings. The quantitative estimate of drug-likeness (QED) is 0.810. The van der Waals surface area contributed by atoms with E-state index in [4.69, 9.17) is 4.74 Å². The van der Waals surface area contributed by atoms with Crippen molar-refractivity contribution < 1.29 is 13.2 Å². The summed E-state index contributed by atoms with van der Waals surface area (Å²) in [6.45, 7) is 0. The first-order valence-corrected chi connectivity index (χ1v) is 6.74. The molecule has 1 aliphatic rings. The highest BCUT2D eigenvalue weighted by atomic mass is 32.2. The van der Waals surface area contributed by atoms with Gasteiger partial charge in [0.15, 0.2) is 9.84 Å². The van der Waals surface area contributed by atoms with Crippen LogP contribution in [-0.4, -0.2) is 43.0 Å². The molecule has 16 heavy (non-hydrogen) atoms. The van der Waals surface area contributed by atoms with Crippen LogP contribution < -0.4 is 10.1 Å². The zero-order valence-electron chi connectivity index (χ0n) is 8.88. The van der Waals surface area contributed by atoms with Crippen LogP contribution in [0.25, 0.3) is 0 Å². The molecule has 2 heterocycles. The molecular formula is C9H13N3O3S. The van der Waals surface area contributed by atoms with Crippen LogP contribution in [0.2, 0.25) is 0 Å². The molecule has 7 heteroatoms. The number of ether oxygens (including phenoxy) is 1. The van der Waals surface area contributed by atoms with Crippen molar-refractivity contribution in [3.63, 3.8) is 0 Å². The van der Waals surface area contributed by atoms with Gasteiger partial charge in [0.1, 0.15) is 12.1 Å². The first-order chi connectivity index (χ1) is 7.59. The second-order valence-electron chi connectivity index (χ2n) is 3.69. The van der Waals surface area contributed by atoms with Crippen LogP contribution in [0.15, 0.2) is 12.4 Å². The van der Waals surface area contributed by atoms with Gasteiger partial charge in [-0.2, -0.15) is 0 Å². The summed E-state index contributed by atoms with van der Waals surface area (Å²) in [6, 6.07) is 1.58. The van der Waals surface area contributed by atoms with E-state index in [1.807, 2.05) is 0 Å². The van der Waals surface area contributed by atoms with Gasteiger partial charge in [0.05, 0.1) is 18.6 Å². The maximum absolute atomic E-state index is 11.3. The van der Waals surface area contributed by atoms with E-state index in [9.17, 15) is 8.42 Å². The van der Waals surface area contributed by atoms with E-state index in [0.717, 1.165) is 0 Å². The predicted molar refractivity (Wildman–Crippen MR) is 59.3 cm³/mol. The fourth-order valence-electron chi connectivity index (χ4n) is 1.65. The monoisotopic (exact) mass is 243 g/mol. The van der Waals surface area contributed by atoms with Gasteiger partial charge in [-0.05, 0) is 6.42 Å². The van der Waals surface area contributed by atoms with Crippen molar-refractivity contribution in [3.05, 3.63) is 12.4 Å². The van der Waals surface area contributed by atoms with E-state index in [-0.39, 0.29) is 17.5 Å². The maximum Gasteiger partial charge on any atom is 0.218 e. The molecule has 1 aliphatic heterocycles. The molecule has 0 bridgehead atoms. The van der Waals surface area contributed by atoms with Crippen molar-refractivity contribution in [2.24, 2.45) is 0 Å². The van der Waals surface area contributed by atoms with Gasteiger partial charge in [0.2, 0.25) is 5.88 Å². The van der Waals surface area contributed by atoms with Gasteiger partial charge >= 0.3 is 0 Å². The standard InChI is InChI=1S/C9H13N3O3S/c1-15-9-4-8(10-6-11-9)12-7-2-3-16(13,14)5-7/h4,6-7H,2-3,5H2,1H3,(H,10,11,12)/t7-/m1/s1. The van der Waals surface area contributed by atoms with Crippen molar-refractivity contribution in [1.82, 2.24) is 9.97 Å².